The number of nitrogens with two attached hydrogens (primary N) is 1. The normalized spacial score (nSPS) is 19.7. The SMILES string of the molecule is CCc1ccc(C(=O)N2CCCC(CNS(N)(=O)=O)C2)o1. The summed E-state index contributed by atoms with van der Waals surface area (Å²) in [6.45, 7) is 3.38. The largest absolute Gasteiger partial charge is 0.456 e. The minimum absolute atomic E-state index is 0.0710. The molecule has 1 aromatic rings. The molecule has 1 aliphatic rings. The standard InChI is InChI=1S/C13H21N3O4S/c1-2-11-5-6-12(20-11)13(17)16-7-3-4-10(9-16)8-15-21(14,18)19/h5-6,10,15H,2-4,7-9H2,1H3,(H2,14,18,19). The van der Waals surface area contributed by atoms with Gasteiger partial charge in [-0.1, -0.05) is 6.92 Å². The Morgan fingerprint density at radius 2 is 2.29 bits per heavy atom. The lowest BCUT2D eigenvalue weighted by Gasteiger charge is -2.32. The molecule has 1 saturated heterocycles. The monoisotopic (exact) mass is 315 g/mol. The Hall–Kier alpha value is -1.38. The van der Waals surface area contributed by atoms with Crippen LogP contribution in [0.25, 0.3) is 0 Å². The summed E-state index contributed by atoms with van der Waals surface area (Å²) in [6.07, 6.45) is 2.45. The molecule has 1 amide bonds. The van der Waals surface area contributed by atoms with E-state index in [1.807, 2.05) is 6.92 Å². The van der Waals surface area contributed by atoms with Gasteiger partial charge in [0.2, 0.25) is 0 Å². The zero-order chi connectivity index (χ0) is 15.5. The van der Waals surface area contributed by atoms with Gasteiger partial charge in [0.25, 0.3) is 16.1 Å². The molecule has 3 N–H and O–H groups in total. The molecule has 1 fully saturated rings. The summed E-state index contributed by atoms with van der Waals surface area (Å²) in [4.78, 5) is 14.1. The van der Waals surface area contributed by atoms with Crippen LogP contribution in [0.2, 0.25) is 0 Å². The number of furan rings is 1. The Kier molecular flexibility index (Phi) is 5.02. The number of hydrogen-bond donors (Lipinski definition) is 2. The highest BCUT2D eigenvalue weighted by atomic mass is 32.2. The van der Waals surface area contributed by atoms with Crippen LogP contribution in [0.1, 0.15) is 36.1 Å². The van der Waals surface area contributed by atoms with E-state index in [1.165, 1.54) is 0 Å². The summed E-state index contributed by atoms with van der Waals surface area (Å²) >= 11 is 0. The number of aryl methyl sites for hydroxylation is 1. The Morgan fingerprint density at radius 1 is 1.52 bits per heavy atom. The summed E-state index contributed by atoms with van der Waals surface area (Å²) in [5.41, 5.74) is 0. The number of rotatable bonds is 5. The molecule has 2 heterocycles. The number of amides is 1. The van der Waals surface area contributed by atoms with E-state index >= 15 is 0 Å². The maximum Gasteiger partial charge on any atom is 0.289 e. The molecule has 0 radical (unpaired) electrons. The molecule has 7 nitrogen and oxygen atoms in total. The van der Waals surface area contributed by atoms with Gasteiger partial charge in [-0.15, -0.1) is 0 Å². The predicted octanol–water partition coefficient (Wildman–Crippen LogP) is 0.487. The second-order valence-electron chi connectivity index (χ2n) is 5.27. The number of nitrogens with zero attached hydrogens (tertiary/aromatic N) is 1. The first kappa shape index (κ1) is 16.0. The van der Waals surface area contributed by atoms with Gasteiger partial charge < -0.3 is 9.32 Å². The first-order valence-corrected chi connectivity index (χ1v) is 8.59. The van der Waals surface area contributed by atoms with Gasteiger partial charge in [-0.05, 0) is 30.9 Å². The molecular formula is C13H21N3O4S. The lowest BCUT2D eigenvalue weighted by atomic mass is 9.98. The van der Waals surface area contributed by atoms with Crippen molar-refractivity contribution in [1.29, 1.82) is 0 Å². The van der Waals surface area contributed by atoms with E-state index in [9.17, 15) is 13.2 Å². The van der Waals surface area contributed by atoms with Crippen LogP contribution < -0.4 is 9.86 Å². The van der Waals surface area contributed by atoms with Crippen LogP contribution in [0.3, 0.4) is 0 Å². The molecule has 1 unspecified atom stereocenters. The number of likely N-dealkylation sites (tertiary alicyclic amines) is 1. The van der Waals surface area contributed by atoms with E-state index in [-0.39, 0.29) is 18.4 Å². The highest BCUT2D eigenvalue weighted by Crippen LogP contribution is 2.19. The average Bonchev–Trinajstić information content (AvgIpc) is 2.93. The van der Waals surface area contributed by atoms with Gasteiger partial charge in [0.1, 0.15) is 5.76 Å². The minimum Gasteiger partial charge on any atom is -0.456 e. The van der Waals surface area contributed by atoms with Crippen LogP contribution >= 0.6 is 0 Å². The van der Waals surface area contributed by atoms with Crippen molar-refractivity contribution in [2.24, 2.45) is 11.1 Å². The minimum atomic E-state index is -3.69. The quantitative estimate of drug-likeness (QED) is 0.824. The van der Waals surface area contributed by atoms with E-state index in [1.54, 1.807) is 17.0 Å². The van der Waals surface area contributed by atoms with E-state index in [0.29, 0.717) is 18.8 Å². The third kappa shape index (κ3) is 4.55. The predicted molar refractivity (Wildman–Crippen MR) is 77.8 cm³/mol. The smallest absolute Gasteiger partial charge is 0.289 e. The zero-order valence-corrected chi connectivity index (χ0v) is 12.9. The molecule has 0 aliphatic carbocycles. The van der Waals surface area contributed by atoms with Crippen LogP contribution in [-0.4, -0.2) is 38.9 Å². The van der Waals surface area contributed by atoms with Crippen LogP contribution in [0.15, 0.2) is 16.5 Å². The van der Waals surface area contributed by atoms with Gasteiger partial charge in [-0.25, -0.2) is 9.86 Å². The van der Waals surface area contributed by atoms with Crippen molar-refractivity contribution in [2.45, 2.75) is 26.2 Å². The van der Waals surface area contributed by atoms with Crippen molar-refractivity contribution in [3.05, 3.63) is 23.7 Å². The van der Waals surface area contributed by atoms with Gasteiger partial charge in [0.05, 0.1) is 0 Å². The number of nitrogens with one attached hydrogen (secondary N) is 1. The molecule has 118 valence electrons. The summed E-state index contributed by atoms with van der Waals surface area (Å²) in [5.74, 6) is 1.05. The lowest BCUT2D eigenvalue weighted by Crippen LogP contribution is -2.44. The number of piperidine rings is 1. The first-order valence-electron chi connectivity index (χ1n) is 7.04. The van der Waals surface area contributed by atoms with E-state index in [2.05, 4.69) is 4.72 Å². The van der Waals surface area contributed by atoms with Gasteiger partial charge in [-0.3, -0.25) is 4.79 Å². The maximum atomic E-state index is 12.3. The molecule has 1 aromatic heterocycles. The fraction of sp³-hybridized carbons (Fsp3) is 0.615. The van der Waals surface area contributed by atoms with Crippen LogP contribution in [0.5, 0.6) is 0 Å². The molecule has 0 saturated carbocycles. The van der Waals surface area contributed by atoms with E-state index in [4.69, 9.17) is 9.56 Å². The van der Waals surface area contributed by atoms with Gasteiger partial charge >= 0.3 is 0 Å². The highest BCUT2D eigenvalue weighted by molar-refractivity contribution is 7.87. The zero-order valence-electron chi connectivity index (χ0n) is 12.0. The second-order valence-corrected chi connectivity index (χ2v) is 6.65. The molecule has 2 rings (SSSR count). The average molecular weight is 315 g/mol. The third-order valence-electron chi connectivity index (χ3n) is 3.60. The van der Waals surface area contributed by atoms with Crippen LogP contribution in [0.4, 0.5) is 0 Å². The van der Waals surface area contributed by atoms with E-state index in [0.717, 1.165) is 25.0 Å². The summed E-state index contributed by atoms with van der Waals surface area (Å²) in [6, 6.07) is 3.49. The maximum absolute atomic E-state index is 12.3. The lowest BCUT2D eigenvalue weighted by molar-refractivity contribution is 0.0642. The fourth-order valence-electron chi connectivity index (χ4n) is 2.49. The Morgan fingerprint density at radius 3 is 2.90 bits per heavy atom. The van der Waals surface area contributed by atoms with Gasteiger partial charge in [-0.2, -0.15) is 8.42 Å². The Bertz CT molecular complexity index is 596. The summed E-state index contributed by atoms with van der Waals surface area (Å²) in [7, 11) is -3.69. The highest BCUT2D eigenvalue weighted by Gasteiger charge is 2.26. The van der Waals surface area contributed by atoms with Crippen molar-refractivity contribution in [2.75, 3.05) is 19.6 Å². The van der Waals surface area contributed by atoms with Gasteiger partial charge in [0, 0.05) is 26.1 Å². The molecular weight excluding hydrogens is 294 g/mol. The van der Waals surface area contributed by atoms with Crippen LogP contribution in [-0.2, 0) is 16.6 Å². The van der Waals surface area contributed by atoms with Crippen molar-refractivity contribution in [1.82, 2.24) is 9.62 Å². The summed E-state index contributed by atoms with van der Waals surface area (Å²) < 4.78 is 29.6. The van der Waals surface area contributed by atoms with Crippen molar-refractivity contribution in [3.8, 4) is 0 Å². The molecule has 1 atom stereocenters. The molecule has 8 heteroatoms. The van der Waals surface area contributed by atoms with Gasteiger partial charge in [0.15, 0.2) is 5.76 Å². The molecule has 0 bridgehead atoms. The van der Waals surface area contributed by atoms with Crippen molar-refractivity contribution >= 4 is 16.1 Å². The Balaban J connectivity index is 1.95. The topological polar surface area (TPSA) is 106 Å². The molecule has 0 aromatic carbocycles. The third-order valence-corrected chi connectivity index (χ3v) is 4.17. The first-order chi connectivity index (χ1) is 9.89. The number of carbonyl (C=O) groups excluding carboxylic acids is 1. The van der Waals surface area contributed by atoms with Crippen molar-refractivity contribution in [3.63, 3.8) is 0 Å². The second kappa shape index (κ2) is 6.59. The summed E-state index contributed by atoms with van der Waals surface area (Å²) in [5, 5.41) is 4.92. The number of hydrogen-bond acceptors (Lipinski definition) is 4. The van der Waals surface area contributed by atoms with E-state index < -0.39 is 10.2 Å². The van der Waals surface area contributed by atoms with Crippen molar-refractivity contribution < 1.29 is 17.6 Å². The molecule has 21 heavy (non-hydrogen) atoms. The fourth-order valence-corrected chi connectivity index (χ4v) is 2.96. The molecule has 0 spiro atoms. The van der Waals surface area contributed by atoms with Crippen LogP contribution in [0, 0.1) is 5.92 Å². The number of carbonyl (C=O) groups is 1. The Labute approximate surface area is 124 Å². The molecule has 1 aliphatic heterocycles.